The average molecular weight is 391 g/mol. The van der Waals surface area contributed by atoms with E-state index in [4.69, 9.17) is 11.6 Å². The zero-order valence-corrected chi connectivity index (χ0v) is 16.3. The van der Waals surface area contributed by atoms with Gasteiger partial charge in [-0.05, 0) is 50.5 Å². The zero-order chi connectivity index (χ0) is 18.8. The fourth-order valence-corrected chi connectivity index (χ4v) is 4.10. The summed E-state index contributed by atoms with van der Waals surface area (Å²) in [6.07, 6.45) is 10.5. The number of hydrogen-bond donors (Lipinski definition) is 2. The second kappa shape index (κ2) is 8.15. The van der Waals surface area contributed by atoms with Crippen molar-refractivity contribution in [2.24, 2.45) is 5.92 Å². The number of halogens is 1. The number of pyridine rings is 1. The Morgan fingerprint density at radius 3 is 2.59 bits per heavy atom. The lowest BCUT2D eigenvalue weighted by atomic mass is 10.1. The van der Waals surface area contributed by atoms with Gasteiger partial charge in [-0.15, -0.1) is 0 Å². The Labute approximate surface area is 165 Å². The first kappa shape index (κ1) is 18.7. The maximum atomic E-state index is 12.4. The monoisotopic (exact) mass is 390 g/mol. The number of likely N-dealkylation sites (tertiary alicyclic amines) is 1. The number of aromatic nitrogens is 1. The largest absolute Gasteiger partial charge is 0.353 e. The topological polar surface area (TPSA) is 74.3 Å². The van der Waals surface area contributed by atoms with Gasteiger partial charge in [-0.25, -0.2) is 0 Å². The van der Waals surface area contributed by atoms with E-state index < -0.39 is 0 Å². The smallest absolute Gasteiger partial charge is 0.252 e. The zero-order valence-electron chi connectivity index (χ0n) is 15.5. The van der Waals surface area contributed by atoms with Gasteiger partial charge < -0.3 is 10.6 Å². The first-order valence-electron chi connectivity index (χ1n) is 10.0. The van der Waals surface area contributed by atoms with Gasteiger partial charge in [-0.2, -0.15) is 0 Å². The number of nitrogens with zero attached hydrogens (tertiary/aromatic N) is 2. The van der Waals surface area contributed by atoms with Crippen LogP contribution in [0.5, 0.6) is 0 Å². The van der Waals surface area contributed by atoms with Crippen LogP contribution >= 0.6 is 11.6 Å². The maximum absolute atomic E-state index is 12.4. The van der Waals surface area contributed by atoms with Crippen molar-refractivity contribution in [2.45, 2.75) is 63.1 Å². The van der Waals surface area contributed by atoms with Gasteiger partial charge in [-0.3, -0.25) is 19.5 Å². The Bertz CT molecular complexity index is 705. The van der Waals surface area contributed by atoms with Crippen molar-refractivity contribution in [2.75, 3.05) is 13.1 Å². The lowest BCUT2D eigenvalue weighted by molar-refractivity contribution is -0.122. The molecule has 0 spiro atoms. The SMILES string of the molecule is O=C(C[C@H]1CC[C@@H](CNC(=O)c2cncc(Cl)c2)N1CC1CC1)NC1CC1. The highest BCUT2D eigenvalue weighted by molar-refractivity contribution is 6.30. The summed E-state index contributed by atoms with van der Waals surface area (Å²) in [6, 6.07) is 2.63. The summed E-state index contributed by atoms with van der Waals surface area (Å²) in [5, 5.41) is 6.59. The van der Waals surface area contributed by atoms with Crippen molar-refractivity contribution in [1.29, 1.82) is 0 Å². The first-order chi connectivity index (χ1) is 13.1. The van der Waals surface area contributed by atoms with Crippen LogP contribution in [0.1, 0.15) is 55.3 Å². The Balaban J connectivity index is 1.32. The molecule has 2 amide bonds. The normalized spacial score (nSPS) is 25.4. The van der Waals surface area contributed by atoms with Crippen molar-refractivity contribution in [1.82, 2.24) is 20.5 Å². The Morgan fingerprint density at radius 2 is 1.89 bits per heavy atom. The summed E-state index contributed by atoms with van der Waals surface area (Å²) < 4.78 is 0. The molecule has 6 nitrogen and oxygen atoms in total. The average Bonchev–Trinajstić information content (AvgIpc) is 3.56. The highest BCUT2D eigenvalue weighted by atomic mass is 35.5. The number of rotatable bonds is 8. The van der Waals surface area contributed by atoms with E-state index in [1.165, 1.54) is 25.2 Å². The summed E-state index contributed by atoms with van der Waals surface area (Å²) in [4.78, 5) is 31.1. The molecule has 1 saturated heterocycles. The molecular weight excluding hydrogens is 364 g/mol. The van der Waals surface area contributed by atoms with E-state index in [-0.39, 0.29) is 11.8 Å². The number of nitrogens with one attached hydrogen (secondary N) is 2. The highest BCUT2D eigenvalue weighted by Gasteiger charge is 2.38. The molecule has 2 saturated carbocycles. The Kier molecular flexibility index (Phi) is 5.64. The van der Waals surface area contributed by atoms with E-state index in [9.17, 15) is 9.59 Å². The van der Waals surface area contributed by atoms with E-state index in [1.807, 2.05) is 0 Å². The summed E-state index contributed by atoms with van der Waals surface area (Å²) in [5.74, 6) is 0.789. The van der Waals surface area contributed by atoms with Crippen molar-refractivity contribution in [3.05, 3.63) is 29.0 Å². The van der Waals surface area contributed by atoms with Crippen LogP contribution < -0.4 is 10.6 Å². The molecule has 3 aliphatic rings. The van der Waals surface area contributed by atoms with Crippen LogP contribution in [0.15, 0.2) is 18.5 Å². The van der Waals surface area contributed by atoms with Crippen LogP contribution in [0, 0.1) is 5.92 Å². The van der Waals surface area contributed by atoms with E-state index in [0.717, 1.165) is 38.1 Å². The minimum absolute atomic E-state index is 0.147. The summed E-state index contributed by atoms with van der Waals surface area (Å²) in [5.41, 5.74) is 0.481. The van der Waals surface area contributed by atoms with Gasteiger partial charge in [0.2, 0.25) is 5.91 Å². The molecular formula is C20H27ClN4O2. The van der Waals surface area contributed by atoms with E-state index in [1.54, 1.807) is 6.07 Å². The molecule has 1 aromatic rings. The molecule has 1 aliphatic heterocycles. The number of amides is 2. The van der Waals surface area contributed by atoms with Gasteiger partial charge in [0, 0.05) is 50.0 Å². The van der Waals surface area contributed by atoms with Gasteiger partial charge in [0.1, 0.15) is 0 Å². The lowest BCUT2D eigenvalue weighted by Crippen LogP contribution is -2.45. The minimum atomic E-state index is -0.147. The Morgan fingerprint density at radius 1 is 1.11 bits per heavy atom. The minimum Gasteiger partial charge on any atom is -0.353 e. The van der Waals surface area contributed by atoms with Gasteiger partial charge in [0.05, 0.1) is 10.6 Å². The van der Waals surface area contributed by atoms with Crippen LogP contribution in [0.3, 0.4) is 0 Å². The molecule has 2 aliphatic carbocycles. The van der Waals surface area contributed by atoms with E-state index in [0.29, 0.717) is 41.7 Å². The summed E-state index contributed by atoms with van der Waals surface area (Å²) in [7, 11) is 0. The van der Waals surface area contributed by atoms with Gasteiger partial charge in [-0.1, -0.05) is 11.6 Å². The second-order valence-electron chi connectivity index (χ2n) is 8.17. The van der Waals surface area contributed by atoms with Crippen LogP contribution in [-0.4, -0.2) is 52.9 Å². The fraction of sp³-hybridized carbons (Fsp3) is 0.650. The van der Waals surface area contributed by atoms with Crippen molar-refractivity contribution in [3.63, 3.8) is 0 Å². The number of carbonyl (C=O) groups is 2. The van der Waals surface area contributed by atoms with Crippen molar-refractivity contribution >= 4 is 23.4 Å². The fourth-order valence-electron chi connectivity index (χ4n) is 3.93. The van der Waals surface area contributed by atoms with Crippen LogP contribution in [-0.2, 0) is 4.79 Å². The molecule has 0 aromatic carbocycles. The molecule has 146 valence electrons. The van der Waals surface area contributed by atoms with Crippen LogP contribution in [0.25, 0.3) is 0 Å². The number of carbonyl (C=O) groups excluding carboxylic acids is 2. The molecule has 4 rings (SSSR count). The van der Waals surface area contributed by atoms with Gasteiger partial charge in [0.25, 0.3) is 5.91 Å². The van der Waals surface area contributed by atoms with E-state index >= 15 is 0 Å². The lowest BCUT2D eigenvalue weighted by Gasteiger charge is -2.30. The highest BCUT2D eigenvalue weighted by Crippen LogP contribution is 2.35. The van der Waals surface area contributed by atoms with Crippen LogP contribution in [0.4, 0.5) is 0 Å². The molecule has 3 fully saturated rings. The predicted octanol–water partition coefficient (Wildman–Crippen LogP) is 2.38. The molecule has 0 bridgehead atoms. The summed E-state index contributed by atoms with van der Waals surface area (Å²) >= 11 is 5.92. The quantitative estimate of drug-likeness (QED) is 0.714. The van der Waals surface area contributed by atoms with Crippen LogP contribution in [0.2, 0.25) is 5.02 Å². The molecule has 1 aromatic heterocycles. The summed E-state index contributed by atoms with van der Waals surface area (Å²) in [6.45, 7) is 1.64. The first-order valence-corrected chi connectivity index (χ1v) is 10.4. The predicted molar refractivity (Wildman–Crippen MR) is 104 cm³/mol. The standard InChI is InChI=1S/C20H27ClN4O2/c21-15-7-14(9-22-10-15)20(27)23-11-18-6-5-17(25(18)12-13-1-2-13)8-19(26)24-16-3-4-16/h7,9-10,13,16-18H,1-6,8,11-12H2,(H,23,27)(H,24,26)/t17-,18+/m1/s1. The Hall–Kier alpha value is -1.66. The molecule has 2 N–H and O–H groups in total. The molecule has 7 heteroatoms. The third kappa shape index (κ3) is 5.20. The maximum Gasteiger partial charge on any atom is 0.252 e. The van der Waals surface area contributed by atoms with Crippen molar-refractivity contribution in [3.8, 4) is 0 Å². The third-order valence-corrected chi connectivity index (χ3v) is 5.97. The molecule has 27 heavy (non-hydrogen) atoms. The molecule has 2 heterocycles. The number of hydrogen-bond acceptors (Lipinski definition) is 4. The van der Waals surface area contributed by atoms with Gasteiger partial charge >= 0.3 is 0 Å². The third-order valence-electron chi connectivity index (χ3n) is 5.77. The van der Waals surface area contributed by atoms with E-state index in [2.05, 4.69) is 20.5 Å². The van der Waals surface area contributed by atoms with Gasteiger partial charge in [0.15, 0.2) is 0 Å². The molecule has 0 radical (unpaired) electrons. The molecule has 0 unspecified atom stereocenters. The molecule has 2 atom stereocenters. The van der Waals surface area contributed by atoms with Crippen molar-refractivity contribution < 1.29 is 9.59 Å². The second-order valence-corrected chi connectivity index (χ2v) is 8.61.